The monoisotopic (exact) mass is 459 g/mol. The average molecular weight is 460 g/mol. The third-order valence-electron chi connectivity index (χ3n) is 4.97. The fourth-order valence-electron chi connectivity index (χ4n) is 3.75. The second-order valence-electron chi connectivity index (χ2n) is 8.46. The molecule has 3 rings (SSSR count). The van der Waals surface area contributed by atoms with Gasteiger partial charge in [0, 0.05) is 22.1 Å². The van der Waals surface area contributed by atoms with Crippen molar-refractivity contribution in [3.05, 3.63) is 74.1 Å². The van der Waals surface area contributed by atoms with Crippen LogP contribution in [-0.2, 0) is 9.59 Å². The van der Waals surface area contributed by atoms with Gasteiger partial charge in [-0.15, -0.1) is 0 Å². The van der Waals surface area contributed by atoms with Gasteiger partial charge in [-0.25, -0.2) is 0 Å². The van der Waals surface area contributed by atoms with Crippen molar-refractivity contribution >= 4 is 40.7 Å². The van der Waals surface area contributed by atoms with E-state index in [1.54, 1.807) is 24.3 Å². The third-order valence-corrected chi connectivity index (χ3v) is 5.71. The minimum Gasteiger partial charge on any atom is -0.350 e. The quantitative estimate of drug-likeness (QED) is 0.373. The number of benzene rings is 2. The van der Waals surface area contributed by atoms with E-state index in [2.05, 4.69) is 15.3 Å². The Morgan fingerprint density at radius 1 is 1.23 bits per heavy atom. The van der Waals surface area contributed by atoms with Crippen LogP contribution in [-0.4, -0.2) is 29.9 Å². The fourth-order valence-corrected chi connectivity index (χ4v) is 4.05. The van der Waals surface area contributed by atoms with Crippen LogP contribution in [0.15, 0.2) is 47.6 Å². The summed E-state index contributed by atoms with van der Waals surface area (Å²) in [4.78, 5) is 30.3. The summed E-state index contributed by atoms with van der Waals surface area (Å²) in [6.45, 7) is 5.42. The number of rotatable bonds is 4. The van der Waals surface area contributed by atoms with E-state index in [0.29, 0.717) is 15.7 Å². The van der Waals surface area contributed by atoms with Crippen molar-refractivity contribution in [3.8, 4) is 0 Å². The van der Waals surface area contributed by atoms with Crippen LogP contribution in [0, 0.1) is 0 Å². The number of nitrogens with zero attached hydrogens (tertiary/aromatic N) is 4. The summed E-state index contributed by atoms with van der Waals surface area (Å²) in [7, 11) is 0. The second-order valence-corrected chi connectivity index (χ2v) is 9.28. The number of nitrogens with one attached hydrogen (secondary N) is 1. The number of amides is 2. The van der Waals surface area contributed by atoms with Crippen LogP contribution in [0.2, 0.25) is 10.0 Å². The maximum Gasteiger partial charge on any atom is 0.240 e. The number of anilines is 1. The summed E-state index contributed by atoms with van der Waals surface area (Å²) in [6, 6.07) is 11.7. The van der Waals surface area contributed by atoms with Crippen LogP contribution >= 0.6 is 23.2 Å². The zero-order chi connectivity index (χ0) is 22.8. The van der Waals surface area contributed by atoms with Crippen LogP contribution in [0.3, 0.4) is 0 Å². The molecule has 2 aromatic rings. The molecular formula is C22H23Cl2N5O2. The lowest BCUT2D eigenvalue weighted by Crippen LogP contribution is -2.49. The molecule has 9 heteroatoms. The number of fused-ring (bicyclic) bond motifs is 1. The van der Waals surface area contributed by atoms with Crippen LogP contribution in [0.5, 0.6) is 0 Å². The van der Waals surface area contributed by atoms with Gasteiger partial charge in [-0.05, 0) is 62.0 Å². The molecule has 2 atom stereocenters. The van der Waals surface area contributed by atoms with Gasteiger partial charge >= 0.3 is 0 Å². The number of para-hydroxylation sites is 1. The molecule has 7 nitrogen and oxygen atoms in total. The number of carbonyl (C=O) groups is 2. The van der Waals surface area contributed by atoms with E-state index in [-0.39, 0.29) is 24.8 Å². The number of hydrogen-bond donors (Lipinski definition) is 1. The van der Waals surface area contributed by atoms with Crippen molar-refractivity contribution < 1.29 is 9.59 Å². The van der Waals surface area contributed by atoms with Crippen LogP contribution in [0.4, 0.5) is 5.69 Å². The Morgan fingerprint density at radius 3 is 2.58 bits per heavy atom. The summed E-state index contributed by atoms with van der Waals surface area (Å²) >= 11 is 12.3. The van der Waals surface area contributed by atoms with Crippen LogP contribution in [0.1, 0.15) is 44.2 Å². The van der Waals surface area contributed by atoms with Gasteiger partial charge in [0.1, 0.15) is 12.6 Å². The van der Waals surface area contributed by atoms with Crippen molar-refractivity contribution in [2.24, 2.45) is 5.11 Å². The summed E-state index contributed by atoms with van der Waals surface area (Å²) in [5.41, 5.74) is 10.9. The van der Waals surface area contributed by atoms with Gasteiger partial charge in [0.15, 0.2) is 0 Å². The molecule has 31 heavy (non-hydrogen) atoms. The summed E-state index contributed by atoms with van der Waals surface area (Å²) in [5.74, 6) is -0.999. The lowest BCUT2D eigenvalue weighted by molar-refractivity contribution is -0.125. The first-order valence-electron chi connectivity index (χ1n) is 9.81. The smallest absolute Gasteiger partial charge is 0.240 e. The van der Waals surface area contributed by atoms with Crippen LogP contribution < -0.4 is 10.2 Å². The fraction of sp³-hybridized carbons (Fsp3) is 0.364. The maximum absolute atomic E-state index is 13.3. The number of azide groups is 1. The molecule has 2 aromatic carbocycles. The van der Waals surface area contributed by atoms with Gasteiger partial charge < -0.3 is 10.2 Å². The predicted octanol–water partition coefficient (Wildman–Crippen LogP) is 5.46. The van der Waals surface area contributed by atoms with Crippen molar-refractivity contribution in [1.82, 2.24) is 5.32 Å². The maximum atomic E-state index is 13.3. The van der Waals surface area contributed by atoms with Gasteiger partial charge in [-0.3, -0.25) is 9.59 Å². The minimum atomic E-state index is -0.973. The minimum absolute atomic E-state index is 0.182. The summed E-state index contributed by atoms with van der Waals surface area (Å²) in [6.07, 6.45) is 0.245. The zero-order valence-corrected chi connectivity index (χ0v) is 19.0. The van der Waals surface area contributed by atoms with E-state index >= 15 is 0 Å². The van der Waals surface area contributed by atoms with E-state index < -0.39 is 17.5 Å². The van der Waals surface area contributed by atoms with Gasteiger partial charge in [0.05, 0.1) is 10.0 Å². The number of carbonyl (C=O) groups excluding carboxylic acids is 2. The first kappa shape index (κ1) is 22.9. The van der Waals surface area contributed by atoms with Gasteiger partial charge in [-0.2, -0.15) is 0 Å². The molecule has 1 aliphatic rings. The summed E-state index contributed by atoms with van der Waals surface area (Å²) in [5, 5.41) is 7.45. The summed E-state index contributed by atoms with van der Waals surface area (Å²) < 4.78 is 0. The molecular weight excluding hydrogens is 437 g/mol. The van der Waals surface area contributed by atoms with Crippen LogP contribution in [0.25, 0.3) is 10.4 Å². The molecule has 1 N–H and O–H groups in total. The van der Waals surface area contributed by atoms with Crippen molar-refractivity contribution in [2.75, 3.05) is 11.4 Å². The lowest BCUT2D eigenvalue weighted by atomic mass is 9.86. The standard InChI is InChI=1S/C22H23Cl2N5O2/c1-22(2,3)26-20(30)12-29-19-7-5-4-6-14(19)15(11-18(21(29)31)27-28-25)13-8-9-16(23)17(24)10-13/h4-10,15,18H,11-12H2,1-3H3,(H,26,30). The molecule has 0 radical (unpaired) electrons. The highest BCUT2D eigenvalue weighted by Crippen LogP contribution is 2.41. The first-order chi connectivity index (χ1) is 14.6. The van der Waals surface area contributed by atoms with E-state index in [9.17, 15) is 9.59 Å². The Balaban J connectivity index is 2.10. The molecule has 2 unspecified atom stereocenters. The molecule has 0 spiro atoms. The van der Waals surface area contributed by atoms with Gasteiger partial charge in [0.25, 0.3) is 0 Å². The Labute approximate surface area is 191 Å². The molecule has 1 aliphatic heterocycles. The largest absolute Gasteiger partial charge is 0.350 e. The average Bonchev–Trinajstić information content (AvgIpc) is 2.80. The van der Waals surface area contributed by atoms with Crippen molar-refractivity contribution in [2.45, 2.75) is 44.7 Å². The lowest BCUT2D eigenvalue weighted by Gasteiger charge is -2.27. The highest BCUT2D eigenvalue weighted by Gasteiger charge is 2.36. The first-order valence-corrected chi connectivity index (χ1v) is 10.6. The van der Waals surface area contributed by atoms with E-state index in [0.717, 1.165) is 11.1 Å². The normalized spacial score (nSPS) is 18.6. The van der Waals surface area contributed by atoms with E-state index in [1.165, 1.54) is 4.90 Å². The third kappa shape index (κ3) is 5.31. The Kier molecular flexibility index (Phi) is 6.80. The molecule has 1 heterocycles. The van der Waals surface area contributed by atoms with Gasteiger partial charge in [0.2, 0.25) is 11.8 Å². The molecule has 0 saturated carbocycles. The van der Waals surface area contributed by atoms with Crippen molar-refractivity contribution in [1.29, 1.82) is 0 Å². The van der Waals surface area contributed by atoms with Gasteiger partial charge in [-0.1, -0.05) is 52.6 Å². The highest BCUT2D eigenvalue weighted by atomic mass is 35.5. The molecule has 0 aromatic heterocycles. The molecule has 0 saturated heterocycles. The molecule has 162 valence electrons. The Morgan fingerprint density at radius 2 is 1.94 bits per heavy atom. The molecule has 0 fully saturated rings. The topological polar surface area (TPSA) is 98.2 Å². The highest BCUT2D eigenvalue weighted by molar-refractivity contribution is 6.42. The number of halogens is 2. The number of hydrogen-bond acceptors (Lipinski definition) is 3. The van der Waals surface area contributed by atoms with Crippen molar-refractivity contribution in [3.63, 3.8) is 0 Å². The second kappa shape index (κ2) is 9.18. The van der Waals surface area contributed by atoms with E-state index in [1.807, 2.05) is 39.0 Å². The molecule has 2 amide bonds. The Hall–Kier alpha value is -2.73. The molecule has 0 bridgehead atoms. The molecule has 0 aliphatic carbocycles. The zero-order valence-electron chi connectivity index (χ0n) is 17.5. The predicted molar refractivity (Wildman–Crippen MR) is 123 cm³/mol. The van der Waals surface area contributed by atoms with E-state index in [4.69, 9.17) is 28.7 Å². The Bertz CT molecular complexity index is 1060. The SMILES string of the molecule is CC(C)(C)NC(=O)CN1C(=O)C(N=[N+]=[N-])CC(c2ccc(Cl)c(Cl)c2)c2ccccc21.